The van der Waals surface area contributed by atoms with Crippen LogP contribution < -0.4 is 5.32 Å². The van der Waals surface area contributed by atoms with Crippen LogP contribution in [0.3, 0.4) is 0 Å². The van der Waals surface area contributed by atoms with Gasteiger partial charge >= 0.3 is 0 Å². The van der Waals surface area contributed by atoms with Crippen LogP contribution in [0.1, 0.15) is 27.4 Å². The second kappa shape index (κ2) is 2.56. The Bertz CT molecular complexity index is 585. The van der Waals surface area contributed by atoms with Gasteiger partial charge in [0.25, 0.3) is 5.91 Å². The van der Waals surface area contributed by atoms with Gasteiger partial charge in [0.15, 0.2) is 5.65 Å². The summed E-state index contributed by atoms with van der Waals surface area (Å²) in [4.78, 5) is 15.9. The molecule has 3 heterocycles. The maximum absolute atomic E-state index is 11.6. The lowest BCUT2D eigenvalue weighted by Gasteiger charge is -2.02. The molecule has 0 spiro atoms. The Morgan fingerprint density at radius 2 is 2.27 bits per heavy atom. The van der Waals surface area contributed by atoms with E-state index < -0.39 is 0 Å². The van der Waals surface area contributed by atoms with Crippen LogP contribution >= 0.6 is 0 Å². The molecule has 0 saturated heterocycles. The smallest absolute Gasteiger partial charge is 0.270 e. The summed E-state index contributed by atoms with van der Waals surface area (Å²) in [5, 5.41) is 7.02. The molecule has 1 aliphatic rings. The minimum atomic E-state index is -0.0661. The number of amides is 1. The molecular weight excluding hydrogens is 192 g/mol. The van der Waals surface area contributed by atoms with Gasteiger partial charge in [-0.2, -0.15) is 5.10 Å². The first-order valence-electron chi connectivity index (χ1n) is 4.81. The molecule has 1 aliphatic heterocycles. The molecule has 0 saturated carbocycles. The molecule has 76 valence electrons. The minimum Gasteiger partial charge on any atom is -0.347 e. The molecule has 5 nitrogen and oxygen atoms in total. The van der Waals surface area contributed by atoms with Gasteiger partial charge in [-0.3, -0.25) is 4.79 Å². The van der Waals surface area contributed by atoms with E-state index in [0.29, 0.717) is 18.1 Å². The maximum atomic E-state index is 11.6. The largest absolute Gasteiger partial charge is 0.347 e. The lowest BCUT2D eigenvalue weighted by molar-refractivity contribution is 0.0959. The van der Waals surface area contributed by atoms with E-state index >= 15 is 0 Å². The van der Waals surface area contributed by atoms with E-state index in [1.54, 1.807) is 4.52 Å². The van der Waals surface area contributed by atoms with Crippen molar-refractivity contribution in [3.63, 3.8) is 0 Å². The molecule has 0 bridgehead atoms. The average molecular weight is 202 g/mol. The zero-order valence-electron chi connectivity index (χ0n) is 8.53. The Morgan fingerprint density at radius 1 is 1.47 bits per heavy atom. The zero-order valence-corrected chi connectivity index (χ0v) is 8.53. The molecule has 0 aromatic carbocycles. The first-order valence-corrected chi connectivity index (χ1v) is 4.81. The van der Waals surface area contributed by atoms with Gasteiger partial charge in [-0.05, 0) is 25.5 Å². The van der Waals surface area contributed by atoms with Gasteiger partial charge in [0.2, 0.25) is 0 Å². The standard InChI is InChI=1S/C10H10N4O/c1-5-3-8-12-6(2)13-14(8)9-7(5)4-11-10(9)15/h3H,4H2,1-2H3,(H,11,15). The second-order valence-electron chi connectivity index (χ2n) is 3.77. The molecule has 3 rings (SSSR count). The van der Waals surface area contributed by atoms with Crippen LogP contribution in [-0.2, 0) is 6.54 Å². The van der Waals surface area contributed by atoms with E-state index in [1.165, 1.54) is 0 Å². The Balaban J connectivity index is 2.49. The number of rotatable bonds is 0. The molecule has 0 atom stereocenters. The van der Waals surface area contributed by atoms with Gasteiger partial charge in [-0.25, -0.2) is 9.50 Å². The number of fused-ring (bicyclic) bond motifs is 3. The van der Waals surface area contributed by atoms with E-state index in [-0.39, 0.29) is 5.91 Å². The van der Waals surface area contributed by atoms with Crippen LogP contribution in [-0.4, -0.2) is 20.5 Å². The number of hydrogen-bond acceptors (Lipinski definition) is 3. The van der Waals surface area contributed by atoms with E-state index in [1.807, 2.05) is 19.9 Å². The molecule has 1 N–H and O–H groups in total. The fraction of sp³-hybridized carbons (Fsp3) is 0.300. The highest BCUT2D eigenvalue weighted by molar-refractivity contribution is 5.97. The number of aromatic nitrogens is 3. The summed E-state index contributed by atoms with van der Waals surface area (Å²) in [5.74, 6) is 0.617. The molecule has 1 amide bonds. The number of pyridine rings is 1. The molecule has 0 radical (unpaired) electrons. The van der Waals surface area contributed by atoms with Gasteiger partial charge in [0.05, 0.1) is 0 Å². The van der Waals surface area contributed by atoms with Crippen molar-refractivity contribution < 1.29 is 4.79 Å². The number of aryl methyl sites for hydroxylation is 2. The number of carbonyl (C=O) groups excluding carboxylic acids is 1. The van der Waals surface area contributed by atoms with Gasteiger partial charge < -0.3 is 5.32 Å². The third kappa shape index (κ3) is 1.000. The van der Waals surface area contributed by atoms with Crippen molar-refractivity contribution in [2.75, 3.05) is 0 Å². The van der Waals surface area contributed by atoms with Crippen molar-refractivity contribution in [3.05, 3.63) is 28.7 Å². The van der Waals surface area contributed by atoms with Crippen molar-refractivity contribution in [2.45, 2.75) is 20.4 Å². The number of hydrogen-bond donors (Lipinski definition) is 1. The molecular formula is C10H10N4O. The monoisotopic (exact) mass is 202 g/mol. The van der Waals surface area contributed by atoms with Crippen molar-refractivity contribution in [1.29, 1.82) is 0 Å². The third-order valence-corrected chi connectivity index (χ3v) is 2.70. The summed E-state index contributed by atoms with van der Waals surface area (Å²) < 4.78 is 1.62. The van der Waals surface area contributed by atoms with Gasteiger partial charge in [0.1, 0.15) is 11.5 Å². The van der Waals surface area contributed by atoms with Gasteiger partial charge in [-0.1, -0.05) is 0 Å². The summed E-state index contributed by atoms with van der Waals surface area (Å²) in [6, 6.07) is 1.96. The summed E-state index contributed by atoms with van der Waals surface area (Å²) in [5.41, 5.74) is 3.48. The second-order valence-corrected chi connectivity index (χ2v) is 3.77. The number of nitrogens with one attached hydrogen (secondary N) is 1. The van der Waals surface area contributed by atoms with Crippen LogP contribution in [0.5, 0.6) is 0 Å². The lowest BCUT2D eigenvalue weighted by Crippen LogP contribution is -2.15. The van der Waals surface area contributed by atoms with Crippen LogP contribution in [0, 0.1) is 13.8 Å². The number of nitrogens with zero attached hydrogens (tertiary/aromatic N) is 3. The van der Waals surface area contributed by atoms with Gasteiger partial charge in [-0.15, -0.1) is 0 Å². The first-order chi connectivity index (χ1) is 7.16. The summed E-state index contributed by atoms with van der Waals surface area (Å²) in [6.07, 6.45) is 0. The van der Waals surface area contributed by atoms with Crippen LogP contribution in [0.2, 0.25) is 0 Å². The zero-order chi connectivity index (χ0) is 10.6. The fourth-order valence-corrected chi connectivity index (χ4v) is 1.99. The van der Waals surface area contributed by atoms with E-state index in [9.17, 15) is 4.79 Å². The highest BCUT2D eigenvalue weighted by atomic mass is 16.2. The van der Waals surface area contributed by atoms with Gasteiger partial charge in [0, 0.05) is 12.1 Å². The van der Waals surface area contributed by atoms with Crippen LogP contribution in [0.4, 0.5) is 0 Å². The first kappa shape index (κ1) is 8.40. The highest BCUT2D eigenvalue weighted by Crippen LogP contribution is 2.21. The molecule has 0 aliphatic carbocycles. The summed E-state index contributed by atoms with van der Waals surface area (Å²) >= 11 is 0. The van der Waals surface area contributed by atoms with Crippen molar-refractivity contribution in [3.8, 4) is 0 Å². The average Bonchev–Trinajstić information content (AvgIpc) is 2.69. The molecule has 2 aromatic heterocycles. The van der Waals surface area contributed by atoms with Crippen LogP contribution in [0.15, 0.2) is 6.07 Å². The minimum absolute atomic E-state index is 0.0661. The maximum Gasteiger partial charge on any atom is 0.270 e. The molecule has 0 unspecified atom stereocenters. The topological polar surface area (TPSA) is 59.3 Å². The SMILES string of the molecule is Cc1nc2cc(C)c3c(n2n1)C(=O)NC3. The predicted molar refractivity (Wildman–Crippen MR) is 53.6 cm³/mol. The van der Waals surface area contributed by atoms with Crippen molar-refractivity contribution >= 4 is 11.6 Å². The molecule has 2 aromatic rings. The molecule has 0 fully saturated rings. The molecule has 5 heteroatoms. The Kier molecular flexibility index (Phi) is 1.44. The fourth-order valence-electron chi connectivity index (χ4n) is 1.99. The van der Waals surface area contributed by atoms with E-state index in [2.05, 4.69) is 15.4 Å². The molecule has 15 heavy (non-hydrogen) atoms. The summed E-state index contributed by atoms with van der Waals surface area (Å²) in [6.45, 7) is 4.40. The number of carbonyl (C=O) groups is 1. The normalized spacial score (nSPS) is 14.4. The lowest BCUT2D eigenvalue weighted by atomic mass is 10.1. The summed E-state index contributed by atoms with van der Waals surface area (Å²) in [7, 11) is 0. The van der Waals surface area contributed by atoms with Crippen molar-refractivity contribution in [2.24, 2.45) is 0 Å². The quantitative estimate of drug-likeness (QED) is 0.680. The van der Waals surface area contributed by atoms with Crippen LogP contribution in [0.25, 0.3) is 5.65 Å². The van der Waals surface area contributed by atoms with E-state index in [4.69, 9.17) is 0 Å². The third-order valence-electron chi connectivity index (χ3n) is 2.70. The Labute approximate surface area is 86.1 Å². The Morgan fingerprint density at radius 3 is 3.07 bits per heavy atom. The Hall–Kier alpha value is -1.91. The van der Waals surface area contributed by atoms with E-state index in [0.717, 1.165) is 16.8 Å². The highest BCUT2D eigenvalue weighted by Gasteiger charge is 2.25. The van der Waals surface area contributed by atoms with Crippen molar-refractivity contribution in [1.82, 2.24) is 19.9 Å². The predicted octanol–water partition coefficient (Wildman–Crippen LogP) is 0.590.